The predicted molar refractivity (Wildman–Crippen MR) is 107 cm³/mol. The lowest BCUT2D eigenvalue weighted by Gasteiger charge is -2.46. The number of carbonyl (C=O) groups is 1. The Morgan fingerprint density at radius 1 is 1.35 bits per heavy atom. The van der Waals surface area contributed by atoms with Gasteiger partial charge in [-0.25, -0.2) is 0 Å². The zero-order chi connectivity index (χ0) is 18.6. The number of aromatic amines is 1. The van der Waals surface area contributed by atoms with Crippen LogP contribution in [0.1, 0.15) is 56.9 Å². The monoisotopic (exact) mass is 353 g/mol. The Labute approximate surface area is 156 Å². The molecule has 1 amide bonds. The number of likely N-dealkylation sites (tertiary alicyclic amines) is 1. The molecule has 2 aromatic rings. The van der Waals surface area contributed by atoms with Crippen LogP contribution in [0.4, 0.5) is 0 Å². The smallest absolute Gasteiger partial charge is 0.225 e. The maximum atomic E-state index is 12.5. The van der Waals surface area contributed by atoms with Crippen LogP contribution in [0.3, 0.4) is 0 Å². The highest BCUT2D eigenvalue weighted by molar-refractivity contribution is 5.90. The highest BCUT2D eigenvalue weighted by atomic mass is 16.2. The molecule has 2 N–H and O–H groups in total. The van der Waals surface area contributed by atoms with Crippen molar-refractivity contribution >= 4 is 16.8 Å². The number of fused-ring (bicyclic) bond motifs is 2. The lowest BCUT2D eigenvalue weighted by molar-refractivity contribution is -0.129. The first-order valence-electron chi connectivity index (χ1n) is 9.93. The molecule has 0 spiro atoms. The van der Waals surface area contributed by atoms with Crippen molar-refractivity contribution in [2.45, 2.75) is 65.0 Å². The molecule has 1 aromatic carbocycles. The number of carbonyl (C=O) groups excluding carboxylic acids is 1. The molecule has 1 fully saturated rings. The first-order chi connectivity index (χ1) is 12.3. The molecule has 4 rings (SSSR count). The Morgan fingerprint density at radius 2 is 2.12 bits per heavy atom. The van der Waals surface area contributed by atoms with Crippen LogP contribution in [0.2, 0.25) is 0 Å². The summed E-state index contributed by atoms with van der Waals surface area (Å²) in [6, 6.07) is 7.42. The number of hydrogen-bond acceptors (Lipinski definition) is 2. The molecule has 0 saturated carbocycles. The van der Waals surface area contributed by atoms with Crippen molar-refractivity contribution in [3.8, 4) is 0 Å². The number of likely N-dealkylation sites (N-methyl/N-ethyl adjacent to an activating group) is 1. The van der Waals surface area contributed by atoms with Crippen molar-refractivity contribution in [3.05, 3.63) is 35.0 Å². The Kier molecular flexibility index (Phi) is 4.14. The summed E-state index contributed by atoms with van der Waals surface area (Å²) in [6.07, 6.45) is 3.19. The van der Waals surface area contributed by atoms with Crippen LogP contribution in [0.5, 0.6) is 0 Å². The van der Waals surface area contributed by atoms with E-state index >= 15 is 0 Å². The van der Waals surface area contributed by atoms with Crippen LogP contribution in [-0.4, -0.2) is 41.5 Å². The minimum atomic E-state index is -0.341. The number of rotatable bonds is 2. The van der Waals surface area contributed by atoms with Crippen LogP contribution < -0.4 is 5.32 Å². The van der Waals surface area contributed by atoms with E-state index in [1.807, 2.05) is 20.8 Å². The van der Waals surface area contributed by atoms with Gasteiger partial charge >= 0.3 is 0 Å². The molecule has 140 valence electrons. The van der Waals surface area contributed by atoms with Crippen molar-refractivity contribution in [1.82, 2.24) is 15.2 Å². The molecule has 4 nitrogen and oxygen atoms in total. The van der Waals surface area contributed by atoms with E-state index in [9.17, 15) is 4.79 Å². The molecule has 1 aliphatic heterocycles. The summed E-state index contributed by atoms with van der Waals surface area (Å²) in [5.41, 5.74) is 5.31. The van der Waals surface area contributed by atoms with Crippen LogP contribution in [0, 0.1) is 5.41 Å². The van der Waals surface area contributed by atoms with E-state index in [1.165, 1.54) is 27.7 Å². The number of aryl methyl sites for hydroxylation is 1. The highest BCUT2D eigenvalue weighted by Crippen LogP contribution is 2.44. The topological polar surface area (TPSA) is 48.1 Å². The lowest BCUT2D eigenvalue weighted by Crippen LogP contribution is -2.56. The van der Waals surface area contributed by atoms with Crippen molar-refractivity contribution in [3.63, 3.8) is 0 Å². The second-order valence-electron chi connectivity index (χ2n) is 9.18. The molecule has 1 aliphatic carbocycles. The largest absolute Gasteiger partial charge is 0.358 e. The van der Waals surface area contributed by atoms with Gasteiger partial charge in [0.1, 0.15) is 0 Å². The van der Waals surface area contributed by atoms with Gasteiger partial charge in [0.25, 0.3) is 0 Å². The number of H-pyrrole nitrogens is 1. The van der Waals surface area contributed by atoms with Gasteiger partial charge in [-0.1, -0.05) is 39.8 Å². The summed E-state index contributed by atoms with van der Waals surface area (Å²) >= 11 is 0. The van der Waals surface area contributed by atoms with Gasteiger partial charge in [-0.3, -0.25) is 4.79 Å². The quantitative estimate of drug-likeness (QED) is 0.866. The van der Waals surface area contributed by atoms with Crippen molar-refractivity contribution in [1.29, 1.82) is 0 Å². The predicted octanol–water partition coefficient (Wildman–Crippen LogP) is 3.61. The van der Waals surface area contributed by atoms with Gasteiger partial charge in [-0.05, 0) is 43.5 Å². The molecule has 0 bridgehead atoms. The van der Waals surface area contributed by atoms with Crippen molar-refractivity contribution < 1.29 is 4.79 Å². The fourth-order valence-corrected chi connectivity index (χ4v) is 4.91. The Hall–Kier alpha value is -1.81. The summed E-state index contributed by atoms with van der Waals surface area (Å²) in [6.45, 7) is 9.11. The second-order valence-corrected chi connectivity index (χ2v) is 9.18. The number of benzene rings is 1. The molecule has 2 heterocycles. The molecule has 2 aliphatic rings. The van der Waals surface area contributed by atoms with Crippen LogP contribution in [0.15, 0.2) is 18.2 Å². The zero-order valence-corrected chi connectivity index (χ0v) is 16.6. The third-order valence-electron chi connectivity index (χ3n) is 6.31. The standard InChI is InChI=1S/C22H31N3O/c1-6-17-16-11-19-15(14-8-7-9-18(24-17)20(14)16)10-13(12-25(19)5)23-21(26)22(2,3)4/h7-9,13,15,19,24H,6,10-12H2,1-5H3,(H,23,26)/t13-,15+,19+/m0/s1. The van der Waals surface area contributed by atoms with E-state index in [0.29, 0.717) is 12.0 Å². The minimum absolute atomic E-state index is 0.152. The van der Waals surface area contributed by atoms with Gasteiger partial charge in [-0.15, -0.1) is 0 Å². The van der Waals surface area contributed by atoms with E-state index in [1.54, 1.807) is 0 Å². The Bertz CT molecular complexity index is 845. The number of hydrogen-bond donors (Lipinski definition) is 2. The maximum absolute atomic E-state index is 12.5. The highest BCUT2D eigenvalue weighted by Gasteiger charge is 2.41. The molecule has 3 atom stereocenters. The number of piperidine rings is 1. The number of aromatic nitrogens is 1. The first kappa shape index (κ1) is 17.6. The second kappa shape index (κ2) is 6.12. The number of nitrogens with one attached hydrogen (secondary N) is 2. The normalized spacial score (nSPS) is 26.0. The fraction of sp³-hybridized carbons (Fsp3) is 0.591. The van der Waals surface area contributed by atoms with Gasteiger partial charge < -0.3 is 15.2 Å². The number of amides is 1. The van der Waals surface area contributed by atoms with Crippen LogP contribution in [0.25, 0.3) is 10.9 Å². The number of nitrogens with zero attached hydrogens (tertiary/aromatic N) is 1. The molecule has 4 heteroatoms. The summed E-state index contributed by atoms with van der Waals surface area (Å²) in [5.74, 6) is 0.634. The maximum Gasteiger partial charge on any atom is 0.225 e. The molecule has 26 heavy (non-hydrogen) atoms. The molecule has 1 aromatic heterocycles. The molecule has 0 unspecified atom stereocenters. The third-order valence-corrected chi connectivity index (χ3v) is 6.31. The molecular weight excluding hydrogens is 322 g/mol. The van der Waals surface area contributed by atoms with Crippen LogP contribution in [-0.2, 0) is 17.6 Å². The van der Waals surface area contributed by atoms with E-state index in [-0.39, 0.29) is 17.4 Å². The van der Waals surface area contributed by atoms with E-state index in [0.717, 1.165) is 25.8 Å². The van der Waals surface area contributed by atoms with E-state index in [2.05, 4.69) is 47.4 Å². The molecular formula is C22H31N3O. The summed E-state index contributed by atoms with van der Waals surface area (Å²) < 4.78 is 0. The van der Waals surface area contributed by atoms with Crippen molar-refractivity contribution in [2.75, 3.05) is 13.6 Å². The Morgan fingerprint density at radius 3 is 2.81 bits per heavy atom. The van der Waals surface area contributed by atoms with Gasteiger partial charge in [0.2, 0.25) is 5.91 Å². The van der Waals surface area contributed by atoms with Crippen LogP contribution >= 0.6 is 0 Å². The molecule has 1 saturated heterocycles. The summed E-state index contributed by atoms with van der Waals surface area (Å²) in [4.78, 5) is 18.6. The zero-order valence-electron chi connectivity index (χ0n) is 16.6. The lowest BCUT2D eigenvalue weighted by atomic mass is 9.73. The van der Waals surface area contributed by atoms with Gasteiger partial charge in [-0.2, -0.15) is 0 Å². The summed E-state index contributed by atoms with van der Waals surface area (Å²) in [7, 11) is 2.22. The SMILES string of the molecule is CCc1[nH]c2cccc3c2c1C[C@@H]1[C@@H]3C[C@H](NC(=O)C(C)(C)C)CN1C. The fourth-order valence-electron chi connectivity index (χ4n) is 4.91. The van der Waals surface area contributed by atoms with Gasteiger partial charge in [0, 0.05) is 46.6 Å². The third kappa shape index (κ3) is 2.75. The summed E-state index contributed by atoms with van der Waals surface area (Å²) in [5, 5.41) is 4.75. The van der Waals surface area contributed by atoms with E-state index < -0.39 is 0 Å². The Balaban J connectivity index is 1.69. The average molecular weight is 354 g/mol. The minimum Gasteiger partial charge on any atom is -0.358 e. The van der Waals surface area contributed by atoms with Gasteiger partial charge in [0.05, 0.1) is 0 Å². The first-order valence-corrected chi connectivity index (χ1v) is 9.93. The van der Waals surface area contributed by atoms with Crippen molar-refractivity contribution in [2.24, 2.45) is 5.41 Å². The van der Waals surface area contributed by atoms with E-state index in [4.69, 9.17) is 0 Å². The molecule has 0 radical (unpaired) electrons. The average Bonchev–Trinajstić information content (AvgIpc) is 2.94. The van der Waals surface area contributed by atoms with Gasteiger partial charge in [0.15, 0.2) is 0 Å².